The Labute approximate surface area is 165 Å². The molecule has 1 heterocycles. The number of sulfone groups is 1. The Morgan fingerprint density at radius 1 is 1.18 bits per heavy atom. The zero-order valence-electron chi connectivity index (χ0n) is 16.3. The molecule has 0 unspecified atom stereocenters. The minimum Gasteiger partial charge on any atom is -0.342 e. The number of hydrogen-bond acceptors (Lipinski definition) is 4. The lowest BCUT2D eigenvalue weighted by Gasteiger charge is -2.13. The molecule has 0 radical (unpaired) electrons. The number of aromatic nitrogens is 2. The first kappa shape index (κ1) is 20.1. The molecule has 0 saturated heterocycles. The maximum absolute atomic E-state index is 12.8. The molecule has 6 nitrogen and oxygen atoms in total. The van der Waals surface area contributed by atoms with Crippen LogP contribution in [0.2, 0.25) is 0 Å². The van der Waals surface area contributed by atoms with Gasteiger partial charge in [-0.3, -0.25) is 4.79 Å². The van der Waals surface area contributed by atoms with Gasteiger partial charge in [0, 0.05) is 12.1 Å². The minimum atomic E-state index is -3.56. The fraction of sp³-hybridized carbons (Fsp3) is 0.333. The third-order valence-corrected chi connectivity index (χ3v) is 6.82. The standard InChI is InChI=1S/C21H25N3O3S/c1-4-5-10-20-23-17-12-11-15(13-18(17)24-20)22-21(25)16-8-6-7-9-19(16)28(26,27)14(2)3/h6-9,11-14H,4-5,10H2,1-3H3,(H,22,25)(H,23,24). The molecule has 3 aromatic rings. The van der Waals surface area contributed by atoms with E-state index in [1.165, 1.54) is 12.1 Å². The predicted molar refractivity (Wildman–Crippen MR) is 111 cm³/mol. The fourth-order valence-corrected chi connectivity index (χ4v) is 4.20. The predicted octanol–water partition coefficient (Wildman–Crippen LogP) is 4.34. The highest BCUT2D eigenvalue weighted by molar-refractivity contribution is 7.92. The SMILES string of the molecule is CCCCc1nc2ccc(NC(=O)c3ccccc3S(=O)(=O)C(C)C)cc2[nH]1. The van der Waals surface area contributed by atoms with E-state index < -0.39 is 21.0 Å². The zero-order chi connectivity index (χ0) is 20.3. The second-order valence-electron chi connectivity index (χ2n) is 7.06. The average molecular weight is 400 g/mol. The Balaban J connectivity index is 1.88. The summed E-state index contributed by atoms with van der Waals surface area (Å²) in [5, 5.41) is 2.20. The van der Waals surface area contributed by atoms with Gasteiger partial charge in [-0.1, -0.05) is 25.5 Å². The summed E-state index contributed by atoms with van der Waals surface area (Å²) in [4.78, 5) is 20.7. The average Bonchev–Trinajstić information content (AvgIpc) is 3.08. The number of unbranched alkanes of at least 4 members (excludes halogenated alkanes) is 1. The molecule has 0 bridgehead atoms. The normalized spacial score (nSPS) is 11.9. The Morgan fingerprint density at radius 3 is 2.64 bits per heavy atom. The monoisotopic (exact) mass is 399 g/mol. The summed E-state index contributed by atoms with van der Waals surface area (Å²) in [6, 6.07) is 11.7. The van der Waals surface area contributed by atoms with Crippen LogP contribution in [0.15, 0.2) is 47.4 Å². The maximum Gasteiger partial charge on any atom is 0.256 e. The van der Waals surface area contributed by atoms with Crippen molar-refractivity contribution < 1.29 is 13.2 Å². The number of H-pyrrole nitrogens is 1. The lowest BCUT2D eigenvalue weighted by molar-refractivity contribution is 0.102. The number of imidazole rings is 1. The highest BCUT2D eigenvalue weighted by atomic mass is 32.2. The number of anilines is 1. The molecule has 0 aliphatic carbocycles. The van der Waals surface area contributed by atoms with E-state index in [0.717, 1.165) is 36.1 Å². The third-order valence-electron chi connectivity index (χ3n) is 4.61. The molecule has 0 atom stereocenters. The maximum atomic E-state index is 12.8. The van der Waals surface area contributed by atoms with Crippen LogP contribution in [-0.2, 0) is 16.3 Å². The summed E-state index contributed by atoms with van der Waals surface area (Å²) in [5.41, 5.74) is 2.41. The first-order valence-corrected chi connectivity index (χ1v) is 11.0. The smallest absolute Gasteiger partial charge is 0.256 e. The number of nitrogens with one attached hydrogen (secondary N) is 2. The molecule has 0 saturated carbocycles. The molecule has 2 aromatic carbocycles. The summed E-state index contributed by atoms with van der Waals surface area (Å²) in [6.07, 6.45) is 3.04. The summed E-state index contributed by atoms with van der Waals surface area (Å²) < 4.78 is 25.2. The van der Waals surface area contributed by atoms with Gasteiger partial charge in [-0.15, -0.1) is 0 Å². The Bertz CT molecular complexity index is 1100. The summed E-state index contributed by atoms with van der Waals surface area (Å²) in [7, 11) is -3.56. The Kier molecular flexibility index (Phi) is 5.84. The third kappa shape index (κ3) is 4.09. The number of carbonyl (C=O) groups is 1. The molecule has 0 aliphatic heterocycles. The van der Waals surface area contributed by atoms with Gasteiger partial charge in [-0.25, -0.2) is 13.4 Å². The van der Waals surface area contributed by atoms with E-state index in [1.807, 2.05) is 12.1 Å². The number of amides is 1. The molecular formula is C21H25N3O3S. The Morgan fingerprint density at radius 2 is 1.93 bits per heavy atom. The lowest BCUT2D eigenvalue weighted by atomic mass is 10.2. The van der Waals surface area contributed by atoms with Gasteiger partial charge in [-0.05, 0) is 50.6 Å². The number of carbonyl (C=O) groups excluding carboxylic acids is 1. The molecule has 2 N–H and O–H groups in total. The van der Waals surface area contributed by atoms with Crippen LogP contribution in [0.25, 0.3) is 11.0 Å². The topological polar surface area (TPSA) is 91.9 Å². The number of aryl methyl sites for hydroxylation is 1. The van der Waals surface area contributed by atoms with Crippen molar-refractivity contribution in [3.8, 4) is 0 Å². The zero-order valence-corrected chi connectivity index (χ0v) is 17.1. The lowest BCUT2D eigenvalue weighted by Crippen LogP contribution is -2.20. The fourth-order valence-electron chi connectivity index (χ4n) is 2.96. The van der Waals surface area contributed by atoms with Gasteiger partial charge >= 0.3 is 0 Å². The molecule has 148 valence electrons. The summed E-state index contributed by atoms with van der Waals surface area (Å²) >= 11 is 0. The number of benzene rings is 2. The van der Waals surface area contributed by atoms with Gasteiger partial charge in [0.2, 0.25) is 0 Å². The van der Waals surface area contributed by atoms with Crippen LogP contribution in [0, 0.1) is 0 Å². The van der Waals surface area contributed by atoms with Crippen LogP contribution in [0.1, 0.15) is 49.8 Å². The van der Waals surface area contributed by atoms with Crippen LogP contribution in [0.5, 0.6) is 0 Å². The van der Waals surface area contributed by atoms with Crippen LogP contribution >= 0.6 is 0 Å². The van der Waals surface area contributed by atoms with Crippen molar-refractivity contribution in [1.29, 1.82) is 0 Å². The molecule has 1 aromatic heterocycles. The van der Waals surface area contributed by atoms with Crippen molar-refractivity contribution in [3.05, 3.63) is 53.9 Å². The van der Waals surface area contributed by atoms with E-state index in [1.54, 1.807) is 32.0 Å². The summed E-state index contributed by atoms with van der Waals surface area (Å²) in [6.45, 7) is 5.34. The quantitative estimate of drug-likeness (QED) is 0.618. The van der Waals surface area contributed by atoms with E-state index >= 15 is 0 Å². The highest BCUT2D eigenvalue weighted by Crippen LogP contribution is 2.23. The number of hydrogen-bond donors (Lipinski definition) is 2. The van der Waals surface area contributed by atoms with Gasteiger partial charge in [0.15, 0.2) is 9.84 Å². The first-order valence-electron chi connectivity index (χ1n) is 9.46. The molecule has 7 heteroatoms. The van der Waals surface area contributed by atoms with Crippen molar-refractivity contribution >= 4 is 32.5 Å². The van der Waals surface area contributed by atoms with Crippen LogP contribution in [-0.4, -0.2) is 29.5 Å². The van der Waals surface area contributed by atoms with E-state index in [-0.39, 0.29) is 10.5 Å². The van der Waals surface area contributed by atoms with E-state index in [9.17, 15) is 13.2 Å². The molecular weight excluding hydrogens is 374 g/mol. The van der Waals surface area contributed by atoms with Gasteiger partial charge in [0.1, 0.15) is 5.82 Å². The molecule has 0 spiro atoms. The van der Waals surface area contributed by atoms with Crippen molar-refractivity contribution in [3.63, 3.8) is 0 Å². The van der Waals surface area contributed by atoms with Crippen LogP contribution < -0.4 is 5.32 Å². The number of aromatic amines is 1. The Hall–Kier alpha value is -2.67. The summed E-state index contributed by atoms with van der Waals surface area (Å²) in [5.74, 6) is 0.471. The van der Waals surface area contributed by atoms with E-state index in [0.29, 0.717) is 5.69 Å². The van der Waals surface area contributed by atoms with Gasteiger partial charge < -0.3 is 10.3 Å². The second kappa shape index (κ2) is 8.14. The van der Waals surface area contributed by atoms with E-state index in [2.05, 4.69) is 22.2 Å². The number of nitrogens with zero attached hydrogens (tertiary/aromatic N) is 1. The van der Waals surface area contributed by atoms with Crippen molar-refractivity contribution in [1.82, 2.24) is 9.97 Å². The minimum absolute atomic E-state index is 0.0481. The van der Waals surface area contributed by atoms with E-state index in [4.69, 9.17) is 0 Å². The largest absolute Gasteiger partial charge is 0.342 e. The van der Waals surface area contributed by atoms with Crippen LogP contribution in [0.4, 0.5) is 5.69 Å². The molecule has 1 amide bonds. The molecule has 0 aliphatic rings. The highest BCUT2D eigenvalue weighted by Gasteiger charge is 2.25. The molecule has 28 heavy (non-hydrogen) atoms. The van der Waals surface area contributed by atoms with Crippen molar-refractivity contribution in [2.45, 2.75) is 50.2 Å². The molecule has 3 rings (SSSR count). The second-order valence-corrected chi connectivity index (χ2v) is 9.54. The number of rotatable bonds is 7. The number of fused-ring (bicyclic) bond motifs is 1. The van der Waals surface area contributed by atoms with Crippen molar-refractivity contribution in [2.24, 2.45) is 0 Å². The molecule has 0 fully saturated rings. The van der Waals surface area contributed by atoms with Gasteiger partial charge in [-0.2, -0.15) is 0 Å². The van der Waals surface area contributed by atoms with Gasteiger partial charge in [0.05, 0.1) is 26.7 Å². The van der Waals surface area contributed by atoms with Gasteiger partial charge in [0.25, 0.3) is 5.91 Å². The first-order chi connectivity index (χ1) is 13.3. The van der Waals surface area contributed by atoms with Crippen molar-refractivity contribution in [2.75, 3.05) is 5.32 Å². The van der Waals surface area contributed by atoms with Crippen LogP contribution in [0.3, 0.4) is 0 Å².